The molecule has 0 atom stereocenters. The quantitative estimate of drug-likeness (QED) is 0.719. The number of hydrogen-bond donors (Lipinski definition) is 0. The lowest BCUT2D eigenvalue weighted by molar-refractivity contribution is 0.516. The molecule has 0 aliphatic heterocycles. The first-order valence-electron chi connectivity index (χ1n) is 4.98. The van der Waals surface area contributed by atoms with Crippen LogP contribution in [-0.4, -0.2) is 9.38 Å². The summed E-state index contributed by atoms with van der Waals surface area (Å²) in [6.07, 6.45) is 4.38. The number of rotatable bonds is 2. The molecule has 0 aliphatic rings. The first-order chi connectivity index (χ1) is 7.84. The van der Waals surface area contributed by atoms with Crippen molar-refractivity contribution < 1.29 is 4.42 Å². The van der Waals surface area contributed by atoms with Crippen molar-refractivity contribution in [2.24, 2.45) is 0 Å². The topological polar surface area (TPSA) is 30.4 Å². The highest BCUT2D eigenvalue weighted by Crippen LogP contribution is 2.20. The maximum atomic E-state index is 5.33. The van der Waals surface area contributed by atoms with Crippen LogP contribution in [0.3, 0.4) is 0 Å². The second-order valence-corrected chi connectivity index (χ2v) is 4.28. The molecule has 0 saturated carbocycles. The van der Waals surface area contributed by atoms with E-state index in [2.05, 4.69) is 25.3 Å². The molecular formula is C12H9BrN2O. The summed E-state index contributed by atoms with van der Waals surface area (Å²) in [7, 11) is 0. The van der Waals surface area contributed by atoms with Crippen molar-refractivity contribution in [3.63, 3.8) is 0 Å². The van der Waals surface area contributed by atoms with E-state index in [-0.39, 0.29) is 0 Å². The fourth-order valence-electron chi connectivity index (χ4n) is 1.75. The Morgan fingerprint density at radius 2 is 2.19 bits per heavy atom. The molecule has 3 aromatic rings. The van der Waals surface area contributed by atoms with Crippen molar-refractivity contribution in [1.29, 1.82) is 0 Å². The lowest BCUT2D eigenvalue weighted by atomic mass is 10.3. The number of nitrogens with zero attached hydrogens (tertiary/aromatic N) is 2. The molecule has 3 heterocycles. The van der Waals surface area contributed by atoms with E-state index in [0.29, 0.717) is 6.42 Å². The molecule has 0 saturated heterocycles. The Bertz CT molecular complexity index is 613. The molecular weight excluding hydrogens is 268 g/mol. The Hall–Kier alpha value is -1.55. The first-order valence-corrected chi connectivity index (χ1v) is 5.78. The molecule has 0 N–H and O–H groups in total. The molecule has 0 amide bonds. The summed E-state index contributed by atoms with van der Waals surface area (Å²) in [6.45, 7) is 0. The van der Waals surface area contributed by atoms with Crippen LogP contribution in [0.25, 0.3) is 5.52 Å². The Morgan fingerprint density at radius 3 is 3.00 bits per heavy atom. The molecule has 80 valence electrons. The predicted molar refractivity (Wildman–Crippen MR) is 64.4 cm³/mol. The van der Waals surface area contributed by atoms with Gasteiger partial charge in [0.2, 0.25) is 0 Å². The number of hydrogen-bond acceptors (Lipinski definition) is 2. The van der Waals surface area contributed by atoms with Crippen LogP contribution in [0.1, 0.15) is 11.6 Å². The van der Waals surface area contributed by atoms with E-state index < -0.39 is 0 Å². The highest BCUT2D eigenvalue weighted by Gasteiger charge is 2.09. The number of fused-ring (bicyclic) bond motifs is 1. The summed E-state index contributed by atoms with van der Waals surface area (Å²) in [5.74, 6) is 1.89. The molecule has 0 radical (unpaired) electrons. The Balaban J connectivity index is 2.10. The minimum atomic E-state index is 0.698. The molecule has 3 nitrogen and oxygen atoms in total. The number of furan rings is 1. The van der Waals surface area contributed by atoms with Crippen molar-refractivity contribution in [3.8, 4) is 0 Å². The molecule has 16 heavy (non-hydrogen) atoms. The summed E-state index contributed by atoms with van der Waals surface area (Å²) in [6, 6.07) is 9.87. The summed E-state index contributed by atoms with van der Waals surface area (Å²) < 4.78 is 8.26. The van der Waals surface area contributed by atoms with Gasteiger partial charge in [0.1, 0.15) is 16.2 Å². The third-order valence-electron chi connectivity index (χ3n) is 2.49. The van der Waals surface area contributed by atoms with Crippen LogP contribution in [0.5, 0.6) is 0 Å². The maximum absolute atomic E-state index is 5.33. The van der Waals surface area contributed by atoms with E-state index in [1.165, 1.54) is 0 Å². The third kappa shape index (κ3) is 1.55. The minimum absolute atomic E-state index is 0.698. The van der Waals surface area contributed by atoms with Crippen molar-refractivity contribution >= 4 is 21.4 Å². The Labute approximate surface area is 101 Å². The SMILES string of the molecule is Brc1nc(Cc2ccco2)n2ccccc12. The summed E-state index contributed by atoms with van der Waals surface area (Å²) >= 11 is 3.46. The van der Waals surface area contributed by atoms with Crippen LogP contribution in [0, 0.1) is 0 Å². The van der Waals surface area contributed by atoms with Gasteiger partial charge in [0.05, 0.1) is 18.2 Å². The fourth-order valence-corrected chi connectivity index (χ4v) is 2.28. The zero-order valence-electron chi connectivity index (χ0n) is 8.43. The van der Waals surface area contributed by atoms with Gasteiger partial charge >= 0.3 is 0 Å². The van der Waals surface area contributed by atoms with Gasteiger partial charge < -0.3 is 8.82 Å². The van der Waals surface area contributed by atoms with Crippen molar-refractivity contribution in [2.75, 3.05) is 0 Å². The standard InChI is InChI=1S/C12H9BrN2O/c13-12-10-5-1-2-6-15(10)11(14-12)8-9-4-3-7-16-9/h1-7H,8H2. The summed E-state index contributed by atoms with van der Waals surface area (Å²) in [5.41, 5.74) is 1.07. The van der Waals surface area contributed by atoms with Crippen LogP contribution in [-0.2, 0) is 6.42 Å². The molecule has 0 unspecified atom stereocenters. The van der Waals surface area contributed by atoms with Gasteiger partial charge in [0.25, 0.3) is 0 Å². The van der Waals surface area contributed by atoms with Gasteiger partial charge in [-0.05, 0) is 40.2 Å². The van der Waals surface area contributed by atoms with Crippen LogP contribution in [0.2, 0.25) is 0 Å². The highest BCUT2D eigenvalue weighted by molar-refractivity contribution is 9.10. The van der Waals surface area contributed by atoms with Crippen LogP contribution >= 0.6 is 15.9 Å². The second kappa shape index (κ2) is 3.79. The van der Waals surface area contributed by atoms with Crippen LogP contribution in [0.4, 0.5) is 0 Å². The number of pyridine rings is 1. The number of halogens is 1. The molecule has 0 spiro atoms. The second-order valence-electron chi connectivity index (χ2n) is 3.53. The van der Waals surface area contributed by atoms with Gasteiger partial charge in [-0.25, -0.2) is 4.98 Å². The van der Waals surface area contributed by atoms with E-state index in [0.717, 1.165) is 21.7 Å². The van der Waals surface area contributed by atoms with E-state index in [1.54, 1.807) is 6.26 Å². The zero-order chi connectivity index (χ0) is 11.0. The summed E-state index contributed by atoms with van der Waals surface area (Å²) in [4.78, 5) is 4.48. The maximum Gasteiger partial charge on any atom is 0.132 e. The van der Waals surface area contributed by atoms with E-state index >= 15 is 0 Å². The fraction of sp³-hybridized carbons (Fsp3) is 0.0833. The van der Waals surface area contributed by atoms with Gasteiger partial charge in [0, 0.05) is 6.20 Å². The lowest BCUT2D eigenvalue weighted by Crippen LogP contribution is -1.94. The molecule has 0 aliphatic carbocycles. The van der Waals surface area contributed by atoms with Gasteiger partial charge in [-0.2, -0.15) is 0 Å². The Kier molecular flexibility index (Phi) is 2.29. The average Bonchev–Trinajstić information content (AvgIpc) is 2.90. The molecule has 3 aromatic heterocycles. The third-order valence-corrected chi connectivity index (χ3v) is 3.07. The minimum Gasteiger partial charge on any atom is -0.469 e. The average molecular weight is 277 g/mol. The first kappa shape index (κ1) is 9.66. The lowest BCUT2D eigenvalue weighted by Gasteiger charge is -1.97. The van der Waals surface area contributed by atoms with Crippen molar-refractivity contribution in [2.45, 2.75) is 6.42 Å². The molecule has 4 heteroatoms. The van der Waals surface area contributed by atoms with Gasteiger partial charge in [-0.15, -0.1) is 0 Å². The summed E-state index contributed by atoms with van der Waals surface area (Å²) in [5, 5.41) is 0. The smallest absolute Gasteiger partial charge is 0.132 e. The van der Waals surface area contributed by atoms with Crippen LogP contribution < -0.4 is 0 Å². The normalized spacial score (nSPS) is 11.1. The van der Waals surface area contributed by atoms with E-state index in [4.69, 9.17) is 4.42 Å². The van der Waals surface area contributed by atoms with Gasteiger partial charge in [-0.1, -0.05) is 6.07 Å². The highest BCUT2D eigenvalue weighted by atomic mass is 79.9. The monoisotopic (exact) mass is 276 g/mol. The van der Waals surface area contributed by atoms with E-state index in [1.807, 2.05) is 36.5 Å². The molecule has 0 bridgehead atoms. The zero-order valence-corrected chi connectivity index (χ0v) is 10.0. The van der Waals surface area contributed by atoms with Crippen LogP contribution in [0.15, 0.2) is 51.8 Å². The number of aromatic nitrogens is 2. The van der Waals surface area contributed by atoms with Crippen molar-refractivity contribution in [1.82, 2.24) is 9.38 Å². The van der Waals surface area contributed by atoms with E-state index in [9.17, 15) is 0 Å². The van der Waals surface area contributed by atoms with Gasteiger partial charge in [-0.3, -0.25) is 0 Å². The van der Waals surface area contributed by atoms with Crippen molar-refractivity contribution in [3.05, 3.63) is 59.0 Å². The van der Waals surface area contributed by atoms with Gasteiger partial charge in [0.15, 0.2) is 0 Å². The predicted octanol–water partition coefficient (Wildman–Crippen LogP) is 3.28. The Morgan fingerprint density at radius 1 is 1.25 bits per heavy atom. The number of imidazole rings is 1. The molecule has 0 aromatic carbocycles. The largest absolute Gasteiger partial charge is 0.469 e. The molecule has 0 fully saturated rings. The molecule has 3 rings (SSSR count).